The Labute approximate surface area is 221 Å². The number of rotatable bonds is 8. The molecule has 9 nitrogen and oxygen atoms in total. The maximum atomic E-state index is 11.6. The molecule has 0 radical (unpaired) electrons. The van der Waals surface area contributed by atoms with Gasteiger partial charge in [0, 0.05) is 49.1 Å². The maximum Gasteiger partial charge on any atom is 0.293 e. The van der Waals surface area contributed by atoms with E-state index in [1.165, 1.54) is 11.9 Å². The summed E-state index contributed by atoms with van der Waals surface area (Å²) in [5, 5.41) is 31.5. The van der Waals surface area contributed by atoms with Crippen LogP contribution in [-0.2, 0) is 17.8 Å². The highest BCUT2D eigenvalue weighted by molar-refractivity contribution is 5.77. The molecule has 1 amide bonds. The lowest BCUT2D eigenvalue weighted by Gasteiger charge is -2.32. The predicted octanol–water partition coefficient (Wildman–Crippen LogP) is 1.27. The molecule has 2 heterocycles. The number of aliphatic hydroxyl groups is 2. The van der Waals surface area contributed by atoms with E-state index in [4.69, 9.17) is 5.11 Å². The van der Waals surface area contributed by atoms with Gasteiger partial charge in [-0.05, 0) is 48.2 Å². The fraction of sp³-hybridized carbons (Fsp3) is 0.345. The molecular formula is C29H32N4O5. The zero-order valence-electron chi connectivity index (χ0n) is 21.1. The van der Waals surface area contributed by atoms with E-state index in [1.807, 2.05) is 36.4 Å². The largest absolute Gasteiger partial charge is 0.502 e. The van der Waals surface area contributed by atoms with Crippen molar-refractivity contribution in [1.82, 2.24) is 20.2 Å². The number of nitrogens with zero attached hydrogens (tertiary/aromatic N) is 2. The van der Waals surface area contributed by atoms with Crippen LogP contribution in [0.3, 0.4) is 0 Å². The number of aromatic nitrogens is 2. The molecule has 9 heteroatoms. The van der Waals surface area contributed by atoms with Crippen LogP contribution in [0.5, 0.6) is 5.75 Å². The van der Waals surface area contributed by atoms with Crippen LogP contribution >= 0.6 is 0 Å². The molecule has 0 aliphatic carbocycles. The standard InChI is InChI=1S/C29H32N4O5/c34-17-24(15-26-28(37)29(38)31-19-30-26)23-9-7-21(8-10-23)2-1-20-3-5-22(6-4-20)16-33-13-11-25(12-14-33)32-27(36)18-35/h3-10,19,24-25,34-35,37H,11-18H2,(H,32,36)(H,30,31,38)/t24-/m1/s1. The summed E-state index contributed by atoms with van der Waals surface area (Å²) in [6.07, 6.45) is 3.22. The van der Waals surface area contributed by atoms with Crippen molar-refractivity contribution >= 4 is 5.91 Å². The second-order valence-electron chi connectivity index (χ2n) is 9.46. The number of H-pyrrole nitrogens is 1. The first-order chi connectivity index (χ1) is 18.4. The van der Waals surface area contributed by atoms with E-state index in [2.05, 4.69) is 44.2 Å². The Balaban J connectivity index is 1.31. The van der Waals surface area contributed by atoms with Gasteiger partial charge in [0.1, 0.15) is 6.61 Å². The minimum Gasteiger partial charge on any atom is -0.502 e. The minimum absolute atomic E-state index is 0.132. The number of carbonyl (C=O) groups excluding carboxylic acids is 1. The van der Waals surface area contributed by atoms with Gasteiger partial charge in [-0.25, -0.2) is 4.98 Å². The Kier molecular flexibility index (Phi) is 9.27. The molecule has 1 aliphatic heterocycles. The number of aromatic hydroxyl groups is 1. The van der Waals surface area contributed by atoms with Crippen LogP contribution in [0.1, 0.15) is 46.7 Å². The Morgan fingerprint density at radius 2 is 1.68 bits per heavy atom. The van der Waals surface area contributed by atoms with Gasteiger partial charge in [-0.3, -0.25) is 14.5 Å². The van der Waals surface area contributed by atoms with Crippen molar-refractivity contribution in [2.75, 3.05) is 26.3 Å². The fourth-order valence-electron chi connectivity index (χ4n) is 4.54. The number of carbonyl (C=O) groups is 1. The zero-order valence-corrected chi connectivity index (χ0v) is 21.1. The monoisotopic (exact) mass is 516 g/mol. The molecule has 5 N–H and O–H groups in total. The molecule has 0 saturated carbocycles. The number of nitrogens with one attached hydrogen (secondary N) is 2. The summed E-state index contributed by atoms with van der Waals surface area (Å²) in [6.45, 7) is 2.02. The summed E-state index contributed by atoms with van der Waals surface area (Å²) in [5.74, 6) is 5.30. The van der Waals surface area contributed by atoms with Gasteiger partial charge in [0.05, 0.1) is 18.6 Å². The van der Waals surface area contributed by atoms with Gasteiger partial charge in [0.15, 0.2) is 0 Å². The molecule has 0 unspecified atom stereocenters. The van der Waals surface area contributed by atoms with Gasteiger partial charge < -0.3 is 25.6 Å². The molecule has 3 aromatic rings. The lowest BCUT2D eigenvalue weighted by molar-refractivity contribution is -0.124. The zero-order chi connectivity index (χ0) is 26.9. The highest BCUT2D eigenvalue weighted by Gasteiger charge is 2.20. The first kappa shape index (κ1) is 27.1. The summed E-state index contributed by atoms with van der Waals surface area (Å²) in [7, 11) is 0. The molecule has 1 fully saturated rings. The van der Waals surface area contributed by atoms with Crippen molar-refractivity contribution in [3.8, 4) is 17.6 Å². The van der Waals surface area contributed by atoms with E-state index in [0.717, 1.165) is 49.2 Å². The van der Waals surface area contributed by atoms with E-state index in [0.29, 0.717) is 0 Å². The predicted molar refractivity (Wildman–Crippen MR) is 142 cm³/mol. The number of amides is 1. The molecular weight excluding hydrogens is 484 g/mol. The molecule has 1 aliphatic rings. The van der Waals surface area contributed by atoms with Crippen LogP contribution in [0.15, 0.2) is 59.7 Å². The molecule has 2 aromatic carbocycles. The van der Waals surface area contributed by atoms with Gasteiger partial charge in [0.25, 0.3) is 5.56 Å². The number of hydrogen-bond donors (Lipinski definition) is 5. The van der Waals surface area contributed by atoms with Crippen molar-refractivity contribution in [2.24, 2.45) is 0 Å². The van der Waals surface area contributed by atoms with Crippen LogP contribution in [0.2, 0.25) is 0 Å². The Hall–Kier alpha value is -3.97. The van der Waals surface area contributed by atoms with E-state index >= 15 is 0 Å². The molecule has 4 rings (SSSR count). The summed E-state index contributed by atoms with van der Waals surface area (Å²) < 4.78 is 0. The van der Waals surface area contributed by atoms with E-state index < -0.39 is 17.9 Å². The van der Waals surface area contributed by atoms with Crippen LogP contribution in [0.4, 0.5) is 0 Å². The van der Waals surface area contributed by atoms with Crippen molar-refractivity contribution < 1.29 is 20.1 Å². The van der Waals surface area contributed by atoms with Gasteiger partial charge in [-0.1, -0.05) is 36.1 Å². The highest BCUT2D eigenvalue weighted by atomic mass is 16.3. The van der Waals surface area contributed by atoms with Crippen LogP contribution in [0, 0.1) is 11.8 Å². The second-order valence-corrected chi connectivity index (χ2v) is 9.46. The van der Waals surface area contributed by atoms with Crippen molar-refractivity contribution in [3.05, 3.63) is 93.2 Å². The van der Waals surface area contributed by atoms with E-state index in [-0.39, 0.29) is 36.6 Å². The normalized spacial score (nSPS) is 14.9. The number of piperidine rings is 1. The second kappa shape index (κ2) is 13.0. The third-order valence-electron chi connectivity index (χ3n) is 6.75. The van der Waals surface area contributed by atoms with E-state index in [9.17, 15) is 19.8 Å². The summed E-state index contributed by atoms with van der Waals surface area (Å²) in [5.41, 5.74) is 3.46. The molecule has 1 aromatic heterocycles. The van der Waals surface area contributed by atoms with Gasteiger partial charge >= 0.3 is 0 Å². The minimum atomic E-state index is -0.600. The average molecular weight is 517 g/mol. The van der Waals surface area contributed by atoms with Crippen molar-refractivity contribution in [3.63, 3.8) is 0 Å². The third-order valence-corrected chi connectivity index (χ3v) is 6.75. The van der Waals surface area contributed by atoms with Crippen LogP contribution < -0.4 is 10.9 Å². The molecule has 198 valence electrons. The number of aliphatic hydroxyl groups excluding tert-OH is 2. The first-order valence-electron chi connectivity index (χ1n) is 12.6. The third kappa shape index (κ3) is 7.29. The number of hydrogen-bond acceptors (Lipinski definition) is 7. The lowest BCUT2D eigenvalue weighted by atomic mass is 9.94. The Morgan fingerprint density at radius 3 is 2.29 bits per heavy atom. The Morgan fingerprint density at radius 1 is 1.05 bits per heavy atom. The molecule has 1 saturated heterocycles. The van der Waals surface area contributed by atoms with Crippen molar-refractivity contribution in [1.29, 1.82) is 0 Å². The van der Waals surface area contributed by atoms with Crippen molar-refractivity contribution in [2.45, 2.75) is 37.8 Å². The average Bonchev–Trinajstić information content (AvgIpc) is 2.95. The molecule has 1 atom stereocenters. The van der Waals surface area contributed by atoms with Crippen LogP contribution in [-0.4, -0.2) is 68.4 Å². The summed E-state index contributed by atoms with van der Waals surface area (Å²) >= 11 is 0. The van der Waals surface area contributed by atoms with E-state index in [1.54, 1.807) is 0 Å². The highest BCUT2D eigenvalue weighted by Crippen LogP contribution is 2.23. The molecule has 0 bridgehead atoms. The summed E-state index contributed by atoms with van der Waals surface area (Å²) in [6, 6.07) is 15.9. The quantitative estimate of drug-likeness (QED) is 0.284. The topological polar surface area (TPSA) is 139 Å². The van der Waals surface area contributed by atoms with Gasteiger partial charge in [0.2, 0.25) is 11.7 Å². The number of likely N-dealkylation sites (tertiary alicyclic amines) is 1. The SMILES string of the molecule is O=C(CO)NC1CCN(Cc2ccc(C#Cc3ccc([C@@H](CO)Cc4nc[nH]c(=O)c4O)cc3)cc2)CC1. The number of benzene rings is 2. The molecule has 0 spiro atoms. The van der Waals surface area contributed by atoms with Gasteiger partial charge in [-0.15, -0.1) is 0 Å². The smallest absolute Gasteiger partial charge is 0.293 e. The summed E-state index contributed by atoms with van der Waals surface area (Å²) in [4.78, 5) is 31.6. The fourth-order valence-corrected chi connectivity index (χ4v) is 4.54. The first-order valence-corrected chi connectivity index (χ1v) is 12.6. The molecule has 38 heavy (non-hydrogen) atoms. The van der Waals surface area contributed by atoms with Gasteiger partial charge in [-0.2, -0.15) is 0 Å². The Bertz CT molecular complexity index is 1330. The maximum absolute atomic E-state index is 11.6. The lowest BCUT2D eigenvalue weighted by Crippen LogP contribution is -2.45. The van der Waals surface area contributed by atoms with Crippen LogP contribution in [0.25, 0.3) is 0 Å². The number of aromatic amines is 1.